The van der Waals surface area contributed by atoms with E-state index in [4.69, 9.17) is 0 Å². The summed E-state index contributed by atoms with van der Waals surface area (Å²) in [6, 6.07) is 12.2. The molecule has 1 aliphatic rings. The predicted octanol–water partition coefficient (Wildman–Crippen LogP) is 12.7. The van der Waals surface area contributed by atoms with Gasteiger partial charge in [-0.05, 0) is 101 Å². The van der Waals surface area contributed by atoms with Gasteiger partial charge in [-0.3, -0.25) is 9.59 Å². The van der Waals surface area contributed by atoms with E-state index in [0.717, 1.165) is 32.1 Å². The first-order valence-corrected chi connectivity index (χ1v) is 18.4. The minimum Gasteiger partial charge on any atom is -0.289 e. The highest BCUT2D eigenvalue weighted by atomic mass is 16.1. The summed E-state index contributed by atoms with van der Waals surface area (Å²) in [5, 5.41) is 0. The molecule has 2 aromatic rings. The van der Waals surface area contributed by atoms with Crippen LogP contribution in [-0.4, -0.2) is 11.6 Å². The first-order chi connectivity index (χ1) is 21.0. The number of fused-ring (bicyclic) bond motifs is 2. The van der Waals surface area contributed by atoms with Crippen LogP contribution in [0, 0.1) is 22.7 Å². The summed E-state index contributed by atoms with van der Waals surface area (Å²) in [5.74, 6) is 1.33. The second kappa shape index (κ2) is 14.7. The Bertz CT molecular complexity index is 1330. The molecule has 0 heterocycles. The molecule has 3 rings (SSSR count). The lowest BCUT2D eigenvalue weighted by Crippen LogP contribution is -2.27. The van der Waals surface area contributed by atoms with E-state index in [0.29, 0.717) is 44.9 Å². The Morgan fingerprint density at radius 3 is 1.36 bits per heavy atom. The molecule has 0 spiro atoms. The largest absolute Gasteiger partial charge is 0.289 e. The van der Waals surface area contributed by atoms with Gasteiger partial charge in [0.1, 0.15) is 0 Å². The second-order valence-electron chi connectivity index (χ2n) is 16.7. The van der Waals surface area contributed by atoms with Crippen molar-refractivity contribution in [3.63, 3.8) is 0 Å². The number of carbonyl (C=O) groups is 2. The summed E-state index contributed by atoms with van der Waals surface area (Å²) in [6.45, 7) is 28.1. The molecular weight excluding hydrogens is 548 g/mol. The van der Waals surface area contributed by atoms with Crippen LogP contribution in [0.25, 0.3) is 0 Å². The third kappa shape index (κ3) is 8.02. The van der Waals surface area contributed by atoms with Gasteiger partial charge < -0.3 is 0 Å². The number of rotatable bonds is 16. The van der Waals surface area contributed by atoms with Crippen molar-refractivity contribution in [1.29, 1.82) is 0 Å². The van der Waals surface area contributed by atoms with Gasteiger partial charge in [-0.2, -0.15) is 0 Å². The molecule has 0 saturated heterocycles. The van der Waals surface area contributed by atoms with Gasteiger partial charge in [0.25, 0.3) is 0 Å². The van der Waals surface area contributed by atoms with Crippen molar-refractivity contribution in [2.45, 2.75) is 165 Å². The standard InChI is InChI=1S/C43H66O2/c1-13-25-41(10,14-2)31(6)20-18-27-43(12,16-4)33-22-24-35-37(29-33)39(45)36-28-32(21-23-34(36)38(35)44)42(11,15-3)26-17-19-30(5)40(7,8)9/h21-24,28-31H,13-20,25-27H2,1-12H3. The molecule has 5 unspecified atom stereocenters. The van der Waals surface area contributed by atoms with E-state index in [1.807, 2.05) is 12.1 Å². The molecule has 0 radical (unpaired) electrons. The number of ketones is 2. The Kier molecular flexibility index (Phi) is 12.2. The molecule has 2 heteroatoms. The zero-order chi connectivity index (χ0) is 33.8. The molecule has 0 bridgehead atoms. The fourth-order valence-electron chi connectivity index (χ4n) is 7.67. The lowest BCUT2D eigenvalue weighted by Gasteiger charge is -2.36. The molecule has 2 aromatic carbocycles. The lowest BCUT2D eigenvalue weighted by molar-refractivity contribution is 0.0978. The van der Waals surface area contributed by atoms with Crippen LogP contribution in [0.1, 0.15) is 197 Å². The van der Waals surface area contributed by atoms with Gasteiger partial charge in [0.2, 0.25) is 0 Å². The van der Waals surface area contributed by atoms with E-state index >= 15 is 0 Å². The van der Waals surface area contributed by atoms with Crippen LogP contribution in [0.3, 0.4) is 0 Å². The molecule has 45 heavy (non-hydrogen) atoms. The normalized spacial score (nSPS) is 18.8. The van der Waals surface area contributed by atoms with E-state index in [1.54, 1.807) is 0 Å². The molecular formula is C43H66O2. The summed E-state index contributed by atoms with van der Waals surface area (Å²) in [7, 11) is 0. The van der Waals surface area contributed by atoms with Crippen LogP contribution >= 0.6 is 0 Å². The topological polar surface area (TPSA) is 34.1 Å². The van der Waals surface area contributed by atoms with Crippen molar-refractivity contribution in [3.05, 3.63) is 69.8 Å². The molecule has 0 fully saturated rings. The molecule has 0 aliphatic heterocycles. The fraction of sp³-hybridized carbons (Fsp3) is 0.674. The van der Waals surface area contributed by atoms with Gasteiger partial charge in [0, 0.05) is 22.3 Å². The highest BCUT2D eigenvalue weighted by Crippen LogP contribution is 2.42. The Labute approximate surface area is 277 Å². The van der Waals surface area contributed by atoms with Crippen LogP contribution in [0.15, 0.2) is 36.4 Å². The van der Waals surface area contributed by atoms with Crippen molar-refractivity contribution < 1.29 is 9.59 Å². The van der Waals surface area contributed by atoms with Crippen LogP contribution in [0.4, 0.5) is 0 Å². The average Bonchev–Trinajstić information content (AvgIpc) is 3.02. The zero-order valence-corrected chi connectivity index (χ0v) is 31.2. The van der Waals surface area contributed by atoms with Crippen molar-refractivity contribution in [3.8, 4) is 0 Å². The van der Waals surface area contributed by atoms with Gasteiger partial charge >= 0.3 is 0 Å². The highest BCUT2D eigenvalue weighted by Gasteiger charge is 2.35. The van der Waals surface area contributed by atoms with Crippen molar-refractivity contribution in [2.24, 2.45) is 22.7 Å². The first kappa shape index (κ1) is 37.2. The SMILES string of the molecule is CCCC(C)(CC)C(C)CCCC(C)(CC)c1ccc2c(c1)C(=O)c1cc(C(C)(CC)CCCC(C)C(C)(C)C)ccc1C2=O. The van der Waals surface area contributed by atoms with Crippen molar-refractivity contribution >= 4 is 11.6 Å². The van der Waals surface area contributed by atoms with Crippen LogP contribution in [0.5, 0.6) is 0 Å². The molecule has 0 aromatic heterocycles. The van der Waals surface area contributed by atoms with E-state index < -0.39 is 0 Å². The quantitative estimate of drug-likeness (QED) is 0.161. The Hall–Kier alpha value is -2.22. The molecule has 0 saturated carbocycles. The highest BCUT2D eigenvalue weighted by molar-refractivity contribution is 6.28. The molecule has 0 amide bonds. The minimum absolute atomic E-state index is 0.00783. The van der Waals surface area contributed by atoms with Crippen molar-refractivity contribution in [2.75, 3.05) is 0 Å². The molecule has 0 N–H and O–H groups in total. The Balaban J connectivity index is 1.85. The van der Waals surface area contributed by atoms with Gasteiger partial charge in [0.15, 0.2) is 11.6 Å². The van der Waals surface area contributed by atoms with Crippen LogP contribution in [-0.2, 0) is 10.8 Å². The summed E-state index contributed by atoms with van der Waals surface area (Å²) in [5.41, 5.74) is 5.33. The average molecular weight is 615 g/mol. The number of benzene rings is 2. The van der Waals surface area contributed by atoms with E-state index in [1.165, 1.54) is 49.7 Å². The smallest absolute Gasteiger partial charge is 0.194 e. The summed E-state index contributed by atoms with van der Waals surface area (Å²) in [4.78, 5) is 27.9. The van der Waals surface area contributed by atoms with E-state index in [2.05, 4.69) is 107 Å². The third-order valence-electron chi connectivity index (χ3n) is 13.0. The fourth-order valence-corrected chi connectivity index (χ4v) is 7.67. The summed E-state index contributed by atoms with van der Waals surface area (Å²) < 4.78 is 0. The lowest BCUT2D eigenvalue weighted by atomic mass is 9.69. The van der Waals surface area contributed by atoms with Crippen LogP contribution in [0.2, 0.25) is 0 Å². The van der Waals surface area contributed by atoms with Gasteiger partial charge in [-0.15, -0.1) is 0 Å². The number of hydrogen-bond acceptors (Lipinski definition) is 2. The minimum atomic E-state index is -0.0292. The maximum atomic E-state index is 14.2. The maximum Gasteiger partial charge on any atom is 0.194 e. The number of hydrogen-bond donors (Lipinski definition) is 0. The predicted molar refractivity (Wildman–Crippen MR) is 194 cm³/mol. The Morgan fingerprint density at radius 2 is 0.978 bits per heavy atom. The monoisotopic (exact) mass is 615 g/mol. The third-order valence-corrected chi connectivity index (χ3v) is 13.0. The van der Waals surface area contributed by atoms with Gasteiger partial charge in [-0.25, -0.2) is 0 Å². The second-order valence-corrected chi connectivity index (χ2v) is 16.7. The molecule has 250 valence electrons. The summed E-state index contributed by atoms with van der Waals surface area (Å²) >= 11 is 0. The maximum absolute atomic E-state index is 14.2. The molecule has 1 aliphatic carbocycles. The van der Waals surface area contributed by atoms with E-state index in [-0.39, 0.29) is 22.4 Å². The van der Waals surface area contributed by atoms with E-state index in [9.17, 15) is 9.59 Å². The number of carbonyl (C=O) groups excluding carboxylic acids is 2. The van der Waals surface area contributed by atoms with Gasteiger partial charge in [-0.1, -0.05) is 134 Å². The summed E-state index contributed by atoms with van der Waals surface area (Å²) in [6.07, 6.45) is 12.7. The molecule has 5 atom stereocenters. The molecule has 2 nitrogen and oxygen atoms in total. The first-order valence-electron chi connectivity index (χ1n) is 18.4. The van der Waals surface area contributed by atoms with Gasteiger partial charge in [0.05, 0.1) is 0 Å². The van der Waals surface area contributed by atoms with Crippen LogP contribution < -0.4 is 0 Å². The van der Waals surface area contributed by atoms with Crippen molar-refractivity contribution in [1.82, 2.24) is 0 Å². The Morgan fingerprint density at radius 1 is 0.556 bits per heavy atom. The zero-order valence-electron chi connectivity index (χ0n) is 31.2.